The highest BCUT2D eigenvalue weighted by Crippen LogP contribution is 2.21. The monoisotopic (exact) mass is 193 g/mol. The minimum absolute atomic E-state index is 0.255. The summed E-state index contributed by atoms with van der Waals surface area (Å²) >= 11 is 0. The molecular weight excluding hydrogens is 174 g/mol. The van der Waals surface area contributed by atoms with E-state index in [9.17, 15) is 0 Å². The molecule has 1 aliphatic rings. The van der Waals surface area contributed by atoms with Gasteiger partial charge in [-0.15, -0.1) is 0 Å². The Balaban J connectivity index is 2.22. The first-order valence-corrected chi connectivity index (χ1v) is 5.24. The molecule has 0 spiro atoms. The lowest BCUT2D eigenvalue weighted by molar-refractivity contribution is 0.0997. The van der Waals surface area contributed by atoms with Crippen molar-refractivity contribution in [2.75, 3.05) is 6.54 Å². The second-order valence-electron chi connectivity index (χ2n) is 5.06. The van der Waals surface area contributed by atoms with Crippen LogP contribution in [0.5, 0.6) is 0 Å². The van der Waals surface area contributed by atoms with Crippen LogP contribution in [0.4, 0.5) is 0 Å². The molecule has 0 radical (unpaired) electrons. The smallest absolute Gasteiger partial charge is 0.123 e. The van der Waals surface area contributed by atoms with Gasteiger partial charge in [-0.05, 0) is 27.7 Å². The van der Waals surface area contributed by atoms with Crippen LogP contribution in [0.3, 0.4) is 0 Å². The molecular formula is C11H19N3. The molecule has 1 aliphatic heterocycles. The lowest BCUT2D eigenvalue weighted by Crippen LogP contribution is -2.45. The van der Waals surface area contributed by atoms with Gasteiger partial charge in [0.1, 0.15) is 5.82 Å². The van der Waals surface area contributed by atoms with Crippen LogP contribution in [-0.2, 0) is 13.1 Å². The lowest BCUT2D eigenvalue weighted by atomic mass is 10.1. The highest BCUT2D eigenvalue weighted by Gasteiger charge is 2.26. The predicted octanol–water partition coefficient (Wildman–Crippen LogP) is 1.81. The van der Waals surface area contributed by atoms with Crippen LogP contribution in [0.25, 0.3) is 0 Å². The van der Waals surface area contributed by atoms with E-state index in [0.29, 0.717) is 0 Å². The second kappa shape index (κ2) is 3.09. The van der Waals surface area contributed by atoms with Crippen LogP contribution >= 0.6 is 0 Å². The van der Waals surface area contributed by atoms with Crippen LogP contribution in [0.1, 0.15) is 32.3 Å². The van der Waals surface area contributed by atoms with E-state index in [1.807, 2.05) is 6.20 Å². The molecule has 0 aromatic carbocycles. The Bertz CT molecular complexity index is 333. The Hall–Kier alpha value is -0.830. The Morgan fingerprint density at radius 2 is 2.00 bits per heavy atom. The van der Waals surface area contributed by atoms with Crippen molar-refractivity contribution in [2.45, 2.75) is 46.3 Å². The lowest BCUT2D eigenvalue weighted by Gasteiger charge is -2.38. The van der Waals surface area contributed by atoms with E-state index in [1.165, 1.54) is 11.5 Å². The van der Waals surface area contributed by atoms with E-state index in [2.05, 4.69) is 42.1 Å². The van der Waals surface area contributed by atoms with Gasteiger partial charge in [-0.1, -0.05) is 0 Å². The Morgan fingerprint density at radius 1 is 1.29 bits per heavy atom. The predicted molar refractivity (Wildman–Crippen MR) is 57.1 cm³/mol. The zero-order chi connectivity index (χ0) is 10.3. The molecule has 0 aliphatic carbocycles. The molecule has 3 nitrogen and oxygen atoms in total. The van der Waals surface area contributed by atoms with E-state index in [0.717, 1.165) is 19.6 Å². The third-order valence-electron chi connectivity index (χ3n) is 3.01. The second-order valence-corrected chi connectivity index (χ2v) is 5.06. The Morgan fingerprint density at radius 3 is 2.64 bits per heavy atom. The van der Waals surface area contributed by atoms with Crippen LogP contribution < -0.4 is 0 Å². The van der Waals surface area contributed by atoms with Crippen molar-refractivity contribution in [3.05, 3.63) is 17.7 Å². The zero-order valence-electron chi connectivity index (χ0n) is 9.54. The Kier molecular flexibility index (Phi) is 2.14. The molecule has 0 saturated carbocycles. The quantitative estimate of drug-likeness (QED) is 0.626. The molecule has 3 heteroatoms. The summed E-state index contributed by atoms with van der Waals surface area (Å²) in [7, 11) is 0. The normalized spacial score (nSPS) is 18.3. The highest BCUT2D eigenvalue weighted by molar-refractivity contribution is 5.06. The number of rotatable bonds is 0. The van der Waals surface area contributed by atoms with Gasteiger partial charge in [-0.2, -0.15) is 0 Å². The largest absolute Gasteiger partial charge is 0.330 e. The number of fused-ring (bicyclic) bond motifs is 1. The van der Waals surface area contributed by atoms with E-state index in [1.54, 1.807) is 0 Å². The zero-order valence-corrected chi connectivity index (χ0v) is 9.54. The van der Waals surface area contributed by atoms with Crippen molar-refractivity contribution in [3.8, 4) is 0 Å². The molecule has 0 unspecified atom stereocenters. The SMILES string of the molecule is Cc1cnc2n1CCN(C(C)(C)C)C2. The van der Waals surface area contributed by atoms with Gasteiger partial charge in [-0.25, -0.2) is 4.98 Å². The summed E-state index contributed by atoms with van der Waals surface area (Å²) in [6.07, 6.45) is 1.97. The number of hydrogen-bond donors (Lipinski definition) is 0. The first-order valence-electron chi connectivity index (χ1n) is 5.24. The average molecular weight is 193 g/mol. The van der Waals surface area contributed by atoms with Crippen LogP contribution in [-0.4, -0.2) is 26.5 Å². The number of hydrogen-bond acceptors (Lipinski definition) is 2. The summed E-state index contributed by atoms with van der Waals surface area (Å²) in [5.41, 5.74) is 1.54. The first-order chi connectivity index (χ1) is 6.48. The van der Waals surface area contributed by atoms with Gasteiger partial charge in [0, 0.05) is 30.5 Å². The van der Waals surface area contributed by atoms with Gasteiger partial charge in [0.05, 0.1) is 6.54 Å². The van der Waals surface area contributed by atoms with Gasteiger partial charge >= 0.3 is 0 Å². The summed E-state index contributed by atoms with van der Waals surface area (Å²) in [5, 5.41) is 0. The third kappa shape index (κ3) is 1.57. The molecule has 0 amide bonds. The minimum atomic E-state index is 0.255. The fourth-order valence-corrected chi connectivity index (χ4v) is 1.99. The minimum Gasteiger partial charge on any atom is -0.330 e. The molecule has 0 atom stereocenters. The molecule has 0 saturated heterocycles. The third-order valence-corrected chi connectivity index (χ3v) is 3.01. The van der Waals surface area contributed by atoms with Crippen LogP contribution in [0.2, 0.25) is 0 Å². The van der Waals surface area contributed by atoms with Crippen molar-refractivity contribution < 1.29 is 0 Å². The molecule has 0 fully saturated rings. The maximum absolute atomic E-state index is 4.44. The topological polar surface area (TPSA) is 21.1 Å². The number of nitrogens with zero attached hydrogens (tertiary/aromatic N) is 3. The van der Waals surface area contributed by atoms with Crippen LogP contribution in [0.15, 0.2) is 6.20 Å². The van der Waals surface area contributed by atoms with Crippen molar-refractivity contribution in [1.82, 2.24) is 14.5 Å². The molecule has 0 bridgehead atoms. The average Bonchev–Trinajstić information content (AvgIpc) is 2.46. The van der Waals surface area contributed by atoms with E-state index < -0.39 is 0 Å². The summed E-state index contributed by atoms with van der Waals surface area (Å²) in [6.45, 7) is 12.1. The number of aromatic nitrogens is 2. The molecule has 2 rings (SSSR count). The van der Waals surface area contributed by atoms with Crippen LogP contribution in [0, 0.1) is 6.92 Å². The summed E-state index contributed by atoms with van der Waals surface area (Å²) in [5.74, 6) is 1.21. The van der Waals surface area contributed by atoms with Gasteiger partial charge in [0.2, 0.25) is 0 Å². The van der Waals surface area contributed by atoms with Gasteiger partial charge in [-0.3, -0.25) is 4.90 Å². The fraction of sp³-hybridized carbons (Fsp3) is 0.727. The number of aryl methyl sites for hydroxylation is 1. The fourth-order valence-electron chi connectivity index (χ4n) is 1.99. The summed E-state index contributed by atoms with van der Waals surface area (Å²) in [4.78, 5) is 6.92. The van der Waals surface area contributed by atoms with Gasteiger partial charge in [0.15, 0.2) is 0 Å². The first kappa shape index (κ1) is 9.71. The van der Waals surface area contributed by atoms with E-state index in [-0.39, 0.29) is 5.54 Å². The van der Waals surface area contributed by atoms with E-state index in [4.69, 9.17) is 0 Å². The molecule has 14 heavy (non-hydrogen) atoms. The number of imidazole rings is 1. The van der Waals surface area contributed by atoms with Crippen molar-refractivity contribution in [1.29, 1.82) is 0 Å². The van der Waals surface area contributed by atoms with Gasteiger partial charge < -0.3 is 4.57 Å². The molecule has 78 valence electrons. The molecule has 2 heterocycles. The maximum Gasteiger partial charge on any atom is 0.123 e. The highest BCUT2D eigenvalue weighted by atomic mass is 15.3. The Labute approximate surface area is 85.7 Å². The van der Waals surface area contributed by atoms with Crippen molar-refractivity contribution in [2.24, 2.45) is 0 Å². The van der Waals surface area contributed by atoms with Crippen molar-refractivity contribution in [3.63, 3.8) is 0 Å². The molecule has 1 aromatic heterocycles. The summed E-state index contributed by atoms with van der Waals surface area (Å²) in [6, 6.07) is 0. The maximum atomic E-state index is 4.44. The molecule has 1 aromatic rings. The standard InChI is InChI=1S/C11H19N3/c1-9-7-12-10-8-13(11(2,3)4)5-6-14(9)10/h7H,5-6,8H2,1-4H3. The van der Waals surface area contributed by atoms with Crippen molar-refractivity contribution >= 4 is 0 Å². The van der Waals surface area contributed by atoms with Gasteiger partial charge in [0.25, 0.3) is 0 Å². The molecule has 0 N–H and O–H groups in total. The summed E-state index contributed by atoms with van der Waals surface area (Å²) < 4.78 is 2.32. The van der Waals surface area contributed by atoms with E-state index >= 15 is 0 Å².